The highest BCUT2D eigenvalue weighted by molar-refractivity contribution is 5.79. The molecule has 28 heavy (non-hydrogen) atoms. The molecule has 2 saturated heterocycles. The second-order valence-electron chi connectivity index (χ2n) is 9.85. The van der Waals surface area contributed by atoms with Crippen LogP contribution in [0.3, 0.4) is 0 Å². The van der Waals surface area contributed by atoms with Gasteiger partial charge >= 0.3 is 0 Å². The summed E-state index contributed by atoms with van der Waals surface area (Å²) >= 11 is 0. The Hall–Kier alpha value is -0.650. The number of likely N-dealkylation sites (tertiary alicyclic amines) is 2. The van der Waals surface area contributed by atoms with Crippen LogP contribution in [0.15, 0.2) is 0 Å². The van der Waals surface area contributed by atoms with Gasteiger partial charge in [0.15, 0.2) is 0 Å². The smallest absolute Gasteiger partial charge is 0.225 e. The van der Waals surface area contributed by atoms with Gasteiger partial charge in [-0.3, -0.25) is 9.69 Å². The largest absolute Gasteiger partial charge is 0.395 e. The topological polar surface area (TPSA) is 64.0 Å². The van der Waals surface area contributed by atoms with Crippen LogP contribution in [0.4, 0.5) is 0 Å². The number of nitrogens with zero attached hydrogens (tertiary/aromatic N) is 2. The molecular formula is C23H44N2O3. The number of rotatable bonds is 4. The Morgan fingerprint density at radius 3 is 2.14 bits per heavy atom. The van der Waals surface area contributed by atoms with Crippen LogP contribution in [-0.4, -0.2) is 70.9 Å². The van der Waals surface area contributed by atoms with Crippen molar-refractivity contribution in [2.75, 3.05) is 32.8 Å². The second kappa shape index (κ2) is 12.1. The van der Waals surface area contributed by atoms with E-state index in [1.54, 1.807) is 0 Å². The molecule has 2 N–H and O–H groups in total. The van der Waals surface area contributed by atoms with Gasteiger partial charge in [-0.1, -0.05) is 40.0 Å². The van der Waals surface area contributed by atoms with Gasteiger partial charge in [0.2, 0.25) is 5.91 Å². The summed E-state index contributed by atoms with van der Waals surface area (Å²) in [7, 11) is 0. The van der Waals surface area contributed by atoms with Gasteiger partial charge in [-0.15, -0.1) is 0 Å². The van der Waals surface area contributed by atoms with Crippen LogP contribution in [0.2, 0.25) is 0 Å². The van der Waals surface area contributed by atoms with Crippen molar-refractivity contribution >= 4 is 5.91 Å². The van der Waals surface area contributed by atoms with Crippen LogP contribution < -0.4 is 0 Å². The van der Waals surface area contributed by atoms with Gasteiger partial charge in [0, 0.05) is 38.1 Å². The zero-order valence-corrected chi connectivity index (χ0v) is 18.5. The van der Waals surface area contributed by atoms with Crippen molar-refractivity contribution in [1.29, 1.82) is 0 Å². The summed E-state index contributed by atoms with van der Waals surface area (Å²) in [5.41, 5.74) is 0. The molecule has 2 atom stereocenters. The van der Waals surface area contributed by atoms with Crippen LogP contribution in [0.25, 0.3) is 0 Å². The van der Waals surface area contributed by atoms with E-state index < -0.39 is 0 Å². The summed E-state index contributed by atoms with van der Waals surface area (Å²) in [6, 6.07) is 0.107. The van der Waals surface area contributed by atoms with E-state index in [0.29, 0.717) is 18.2 Å². The molecule has 5 nitrogen and oxygen atoms in total. The first kappa shape index (κ1) is 23.6. The number of carbonyl (C=O) groups is 1. The maximum absolute atomic E-state index is 12.6. The summed E-state index contributed by atoms with van der Waals surface area (Å²) in [4.78, 5) is 17.1. The highest BCUT2D eigenvalue weighted by Crippen LogP contribution is 2.28. The van der Waals surface area contributed by atoms with Gasteiger partial charge in [-0.05, 0) is 50.4 Å². The van der Waals surface area contributed by atoms with Crippen LogP contribution >= 0.6 is 0 Å². The predicted octanol–water partition coefficient (Wildman–Crippen LogP) is 3.29. The van der Waals surface area contributed by atoms with Crippen molar-refractivity contribution in [3.05, 3.63) is 0 Å². The van der Waals surface area contributed by atoms with Gasteiger partial charge in [0.05, 0.1) is 12.7 Å². The fourth-order valence-electron chi connectivity index (χ4n) is 4.78. The van der Waals surface area contributed by atoms with Crippen molar-refractivity contribution in [3.8, 4) is 0 Å². The SMILES string of the molecule is CC(C)C.O=C(C1CCCCC1)N1CCC(CN2CCC(O)CC2CO)CC1. The van der Waals surface area contributed by atoms with Gasteiger partial charge in [-0.25, -0.2) is 0 Å². The van der Waals surface area contributed by atoms with Gasteiger partial charge < -0.3 is 15.1 Å². The van der Waals surface area contributed by atoms with Crippen molar-refractivity contribution in [2.24, 2.45) is 17.8 Å². The highest BCUT2D eigenvalue weighted by atomic mass is 16.3. The summed E-state index contributed by atoms with van der Waals surface area (Å²) in [5, 5.41) is 19.3. The number of hydrogen-bond donors (Lipinski definition) is 2. The fraction of sp³-hybridized carbons (Fsp3) is 0.957. The monoisotopic (exact) mass is 396 g/mol. The molecule has 3 rings (SSSR count). The molecule has 0 spiro atoms. The molecule has 0 bridgehead atoms. The lowest BCUT2D eigenvalue weighted by Gasteiger charge is -2.41. The lowest BCUT2D eigenvalue weighted by atomic mass is 9.87. The molecule has 5 heteroatoms. The summed E-state index contributed by atoms with van der Waals surface area (Å²) in [6.07, 6.45) is 9.32. The van der Waals surface area contributed by atoms with E-state index in [1.165, 1.54) is 19.3 Å². The Bertz CT molecular complexity index is 440. The van der Waals surface area contributed by atoms with E-state index in [-0.39, 0.29) is 24.7 Å². The Kier molecular flexibility index (Phi) is 10.2. The van der Waals surface area contributed by atoms with Crippen LogP contribution in [0, 0.1) is 17.8 Å². The highest BCUT2D eigenvalue weighted by Gasteiger charge is 2.32. The molecular weight excluding hydrogens is 352 g/mol. The van der Waals surface area contributed by atoms with E-state index in [0.717, 1.165) is 64.2 Å². The molecule has 2 heterocycles. The molecule has 2 unspecified atom stereocenters. The first-order valence-electron chi connectivity index (χ1n) is 11.7. The molecule has 1 amide bonds. The lowest BCUT2D eigenvalue weighted by Crippen LogP contribution is -2.50. The Balaban J connectivity index is 0.000000640. The maximum Gasteiger partial charge on any atom is 0.225 e. The summed E-state index contributed by atoms with van der Waals surface area (Å²) in [6.45, 7) is 10.3. The number of amides is 1. The standard InChI is InChI=1S/C19H34N2O3.C4H10/c22-14-17-12-18(23)8-11-21(17)13-15-6-9-20(10-7-15)19(24)16-4-2-1-3-5-16;1-4(2)3/h15-18,22-23H,1-14H2;4H,1-3H3. The molecule has 0 aromatic heterocycles. The number of hydrogen-bond acceptors (Lipinski definition) is 4. The minimum Gasteiger partial charge on any atom is -0.395 e. The number of aliphatic hydroxyl groups excluding tert-OH is 2. The lowest BCUT2D eigenvalue weighted by molar-refractivity contribution is -0.138. The van der Waals surface area contributed by atoms with Gasteiger partial charge in [-0.2, -0.15) is 0 Å². The van der Waals surface area contributed by atoms with E-state index in [4.69, 9.17) is 0 Å². The van der Waals surface area contributed by atoms with E-state index >= 15 is 0 Å². The van der Waals surface area contributed by atoms with E-state index in [9.17, 15) is 15.0 Å². The third-order valence-electron chi connectivity index (χ3n) is 6.39. The van der Waals surface area contributed by atoms with Gasteiger partial charge in [0.25, 0.3) is 0 Å². The van der Waals surface area contributed by atoms with Crippen molar-refractivity contribution in [2.45, 2.75) is 90.7 Å². The van der Waals surface area contributed by atoms with Crippen molar-refractivity contribution in [3.63, 3.8) is 0 Å². The number of aliphatic hydroxyl groups is 2. The molecule has 2 aliphatic heterocycles. The summed E-state index contributed by atoms with van der Waals surface area (Å²) in [5.74, 6) is 2.14. The number of carbonyl (C=O) groups excluding carboxylic acids is 1. The van der Waals surface area contributed by atoms with Crippen LogP contribution in [0.1, 0.15) is 78.6 Å². The molecule has 164 valence electrons. The third-order valence-corrected chi connectivity index (χ3v) is 6.39. The van der Waals surface area contributed by atoms with Gasteiger partial charge in [0.1, 0.15) is 0 Å². The zero-order valence-electron chi connectivity index (χ0n) is 18.5. The average molecular weight is 397 g/mol. The minimum absolute atomic E-state index is 0.107. The fourth-order valence-corrected chi connectivity index (χ4v) is 4.78. The molecule has 1 saturated carbocycles. The Morgan fingerprint density at radius 2 is 1.57 bits per heavy atom. The normalized spacial score (nSPS) is 28.1. The molecule has 3 aliphatic rings. The van der Waals surface area contributed by atoms with E-state index in [1.807, 2.05) is 0 Å². The second-order valence-corrected chi connectivity index (χ2v) is 9.85. The number of piperidine rings is 2. The molecule has 0 aromatic rings. The van der Waals surface area contributed by atoms with E-state index in [2.05, 4.69) is 30.6 Å². The molecule has 0 aromatic carbocycles. The maximum atomic E-state index is 12.6. The van der Waals surface area contributed by atoms with Crippen molar-refractivity contribution < 1.29 is 15.0 Å². The minimum atomic E-state index is -0.256. The first-order valence-corrected chi connectivity index (χ1v) is 11.7. The van der Waals surface area contributed by atoms with Crippen molar-refractivity contribution in [1.82, 2.24) is 9.80 Å². The van der Waals surface area contributed by atoms with Crippen LogP contribution in [-0.2, 0) is 4.79 Å². The molecule has 1 aliphatic carbocycles. The predicted molar refractivity (Wildman–Crippen MR) is 114 cm³/mol. The Labute approximate surface area is 172 Å². The quantitative estimate of drug-likeness (QED) is 0.765. The van der Waals surface area contributed by atoms with Crippen LogP contribution in [0.5, 0.6) is 0 Å². The summed E-state index contributed by atoms with van der Waals surface area (Å²) < 4.78 is 0. The molecule has 0 radical (unpaired) electrons. The Morgan fingerprint density at radius 1 is 0.964 bits per heavy atom. The average Bonchev–Trinajstić information content (AvgIpc) is 2.69. The zero-order chi connectivity index (χ0) is 20.5. The first-order chi connectivity index (χ1) is 13.4. The molecule has 3 fully saturated rings. The third kappa shape index (κ3) is 7.64.